The van der Waals surface area contributed by atoms with Crippen LogP contribution in [0.2, 0.25) is 26.2 Å². The van der Waals surface area contributed by atoms with E-state index in [2.05, 4.69) is 18.2 Å². The summed E-state index contributed by atoms with van der Waals surface area (Å²) in [6.45, 7) is 8.01. The monoisotopic (exact) mass is 360 g/mol. The fraction of sp³-hybridized carbons (Fsp3) is 0.700. The van der Waals surface area contributed by atoms with E-state index in [0.717, 1.165) is 28.1 Å². The molecule has 4 aliphatic carbocycles. The minimum absolute atomic E-state index is 0.332. The van der Waals surface area contributed by atoms with E-state index in [4.69, 9.17) is 0 Å². The van der Waals surface area contributed by atoms with Crippen LogP contribution in [-0.2, 0) is 5.41 Å². The van der Waals surface area contributed by atoms with Crippen LogP contribution in [0.5, 0.6) is 0 Å². The van der Waals surface area contributed by atoms with E-state index in [0.29, 0.717) is 5.41 Å². The predicted molar refractivity (Wildman–Crippen MR) is 105 cm³/mol. The second-order valence-corrected chi connectivity index (χ2v) is 17.5. The summed E-state index contributed by atoms with van der Waals surface area (Å²) in [5, 5.41) is 2.22. The molecule has 2 N–H and O–H groups in total. The molecule has 24 heavy (non-hydrogen) atoms. The molecule has 0 saturated heterocycles. The molecule has 0 spiro atoms. The molecule has 0 unspecified atom stereocenters. The van der Waals surface area contributed by atoms with Crippen LogP contribution in [0.25, 0.3) is 0 Å². The second kappa shape index (κ2) is 5.29. The van der Waals surface area contributed by atoms with Crippen LogP contribution in [0.3, 0.4) is 0 Å². The van der Waals surface area contributed by atoms with Gasteiger partial charge in [0.05, 0.1) is 0 Å². The Kier molecular flexibility index (Phi) is 3.75. The van der Waals surface area contributed by atoms with Crippen molar-refractivity contribution in [3.05, 3.63) is 23.8 Å². The van der Waals surface area contributed by atoms with Crippen molar-refractivity contribution in [2.45, 2.75) is 70.1 Å². The molecule has 4 fully saturated rings. The summed E-state index contributed by atoms with van der Waals surface area (Å²) in [6, 6.07) is 6.76. The van der Waals surface area contributed by atoms with Crippen molar-refractivity contribution in [1.82, 2.24) is 0 Å². The van der Waals surface area contributed by atoms with Crippen LogP contribution in [-0.4, -0.2) is 26.2 Å². The zero-order chi connectivity index (χ0) is 17.3. The van der Waals surface area contributed by atoms with Crippen molar-refractivity contribution in [2.75, 3.05) is 0 Å². The van der Waals surface area contributed by atoms with Crippen molar-refractivity contribution in [2.24, 2.45) is 17.8 Å². The predicted octanol–water partition coefficient (Wildman–Crippen LogP) is 2.96. The van der Waals surface area contributed by atoms with Crippen LogP contribution in [0.15, 0.2) is 18.2 Å². The summed E-state index contributed by atoms with van der Waals surface area (Å²) < 4.78 is 0. The van der Waals surface area contributed by atoms with Gasteiger partial charge in [-0.3, -0.25) is 0 Å². The lowest BCUT2D eigenvalue weighted by Crippen LogP contribution is -2.52. The average molecular weight is 361 g/mol. The molecular weight excluding hydrogens is 328 g/mol. The third kappa shape index (κ3) is 2.85. The second-order valence-electron chi connectivity index (χ2n) is 10.1. The Labute approximate surface area is 148 Å². The van der Waals surface area contributed by atoms with Gasteiger partial charge in [0.15, 0.2) is 0 Å². The quantitative estimate of drug-likeness (QED) is 0.814. The van der Waals surface area contributed by atoms with Crippen LogP contribution in [0.1, 0.15) is 44.1 Å². The summed E-state index contributed by atoms with van der Waals surface area (Å²) in [5.74, 6) is 2.76. The lowest BCUT2D eigenvalue weighted by Gasteiger charge is -2.57. The Bertz CT molecular complexity index is 587. The van der Waals surface area contributed by atoms with Gasteiger partial charge in [0.25, 0.3) is 0 Å². The summed E-state index contributed by atoms with van der Waals surface area (Å²) in [6.07, 6.45) is 8.36. The third-order valence-corrected chi connectivity index (χ3v) is 10.4. The van der Waals surface area contributed by atoms with Gasteiger partial charge >= 0.3 is 0 Å². The minimum atomic E-state index is -2.38. The first-order valence-electron chi connectivity index (χ1n) is 9.66. The molecule has 0 aromatic heterocycles. The Morgan fingerprint density at radius 3 is 1.46 bits per heavy atom. The van der Waals surface area contributed by atoms with E-state index in [9.17, 15) is 9.59 Å². The Morgan fingerprint density at radius 1 is 0.750 bits per heavy atom. The Morgan fingerprint density at radius 2 is 1.12 bits per heavy atom. The number of hydrogen-bond acceptors (Lipinski definition) is 2. The smallest absolute Gasteiger partial charge is 0.213 e. The molecule has 132 valence electrons. The maximum Gasteiger partial charge on any atom is 0.213 e. The zero-order valence-electron chi connectivity index (χ0n) is 15.6. The lowest BCUT2D eigenvalue weighted by atomic mass is 9.48. The molecule has 0 heterocycles. The highest BCUT2D eigenvalue weighted by molar-refractivity contribution is 6.86. The van der Waals surface area contributed by atoms with E-state index >= 15 is 0 Å². The molecule has 4 saturated carbocycles. The molecule has 0 amide bonds. The third-order valence-electron chi connectivity index (χ3n) is 7.00. The zero-order valence-corrected chi connectivity index (χ0v) is 17.6. The molecular formula is C20H32O2Si2. The van der Waals surface area contributed by atoms with E-state index < -0.39 is 16.6 Å². The first-order chi connectivity index (χ1) is 11.1. The first-order valence-corrected chi connectivity index (χ1v) is 15.6. The molecule has 2 nitrogen and oxygen atoms in total. The van der Waals surface area contributed by atoms with Crippen LogP contribution in [0.4, 0.5) is 0 Å². The van der Waals surface area contributed by atoms with Crippen LogP contribution >= 0.6 is 0 Å². The summed E-state index contributed by atoms with van der Waals surface area (Å²) in [7, 11) is -4.76. The van der Waals surface area contributed by atoms with Gasteiger partial charge < -0.3 is 9.59 Å². The van der Waals surface area contributed by atoms with Gasteiger partial charge in [-0.25, -0.2) is 0 Å². The maximum atomic E-state index is 10.8. The van der Waals surface area contributed by atoms with Crippen molar-refractivity contribution >= 4 is 27.0 Å². The number of hydrogen-bond donors (Lipinski definition) is 2. The maximum absolute atomic E-state index is 10.8. The lowest BCUT2D eigenvalue weighted by molar-refractivity contribution is -0.00512. The topological polar surface area (TPSA) is 40.5 Å². The van der Waals surface area contributed by atoms with Gasteiger partial charge in [-0.2, -0.15) is 0 Å². The highest BCUT2D eigenvalue weighted by atomic mass is 28.4. The Hall–Kier alpha value is -0.426. The summed E-state index contributed by atoms with van der Waals surface area (Å²) in [5.41, 5.74) is 1.78. The fourth-order valence-corrected chi connectivity index (χ4v) is 8.28. The van der Waals surface area contributed by atoms with Crippen molar-refractivity contribution in [3.8, 4) is 0 Å². The van der Waals surface area contributed by atoms with Gasteiger partial charge in [-0.15, -0.1) is 0 Å². The van der Waals surface area contributed by atoms with Crippen molar-refractivity contribution in [1.29, 1.82) is 0 Å². The van der Waals surface area contributed by atoms with Crippen LogP contribution < -0.4 is 10.4 Å². The van der Waals surface area contributed by atoms with Crippen LogP contribution in [0, 0.1) is 17.8 Å². The minimum Gasteiger partial charge on any atom is -0.428 e. The van der Waals surface area contributed by atoms with E-state index in [-0.39, 0.29) is 0 Å². The van der Waals surface area contributed by atoms with Gasteiger partial charge in [-0.05, 0) is 104 Å². The highest BCUT2D eigenvalue weighted by Crippen LogP contribution is 2.60. The van der Waals surface area contributed by atoms with E-state index in [1.54, 1.807) is 0 Å². The molecule has 0 aliphatic heterocycles. The molecule has 0 radical (unpaired) electrons. The number of benzene rings is 1. The van der Waals surface area contributed by atoms with E-state index in [1.807, 2.05) is 26.2 Å². The molecule has 0 atom stereocenters. The molecule has 4 aliphatic rings. The molecule has 4 heteroatoms. The van der Waals surface area contributed by atoms with Gasteiger partial charge in [0.2, 0.25) is 16.6 Å². The normalized spacial score (nSPS) is 35.5. The molecule has 1 aromatic rings. The highest BCUT2D eigenvalue weighted by Gasteiger charge is 2.52. The fourth-order valence-electron chi connectivity index (χ4n) is 6.10. The van der Waals surface area contributed by atoms with E-state index in [1.165, 1.54) is 44.1 Å². The SMILES string of the molecule is C[Si](C)(O)c1cc(C23CC4CC(CC(C4)C2)C3)cc([Si](C)(C)O)c1. The van der Waals surface area contributed by atoms with Gasteiger partial charge in [0, 0.05) is 0 Å². The largest absolute Gasteiger partial charge is 0.428 e. The Balaban J connectivity index is 1.83. The molecule has 4 bridgehead atoms. The summed E-state index contributed by atoms with van der Waals surface area (Å²) >= 11 is 0. The van der Waals surface area contributed by atoms with Gasteiger partial charge in [-0.1, -0.05) is 18.2 Å². The standard InChI is InChI=1S/C20H32O2Si2/c1-23(2,21)18-8-17(9-19(10-18)24(3,4)22)20-11-14-5-15(12-20)7-16(6-14)13-20/h8-10,14-16,21-22H,5-7,11-13H2,1-4H3. The molecule has 1 aromatic carbocycles. The molecule has 5 rings (SSSR count). The average Bonchev–Trinajstić information content (AvgIpc) is 2.43. The van der Waals surface area contributed by atoms with Gasteiger partial charge in [0.1, 0.15) is 0 Å². The van der Waals surface area contributed by atoms with Crippen molar-refractivity contribution < 1.29 is 9.59 Å². The van der Waals surface area contributed by atoms with Crippen molar-refractivity contribution in [3.63, 3.8) is 0 Å². The first kappa shape index (κ1) is 17.0. The summed E-state index contributed by atoms with van der Waals surface area (Å²) in [4.78, 5) is 21.5. The number of rotatable bonds is 3.